The standard InChI is InChI=1S/C14H19FN2O/c1-9-6-11(8-12(15)7-9)14(18)17-13-4-3-5-16-10(13)2/h6-8,10,13,16H,3-5H2,1-2H3,(H,17,18). The average molecular weight is 250 g/mol. The minimum Gasteiger partial charge on any atom is -0.348 e. The number of hydrogen-bond acceptors (Lipinski definition) is 2. The molecule has 2 rings (SSSR count). The maximum atomic E-state index is 13.3. The normalized spacial score (nSPS) is 23.7. The first-order chi connectivity index (χ1) is 8.56. The molecule has 0 spiro atoms. The van der Waals surface area contributed by atoms with E-state index in [1.54, 1.807) is 13.0 Å². The van der Waals surface area contributed by atoms with Crippen LogP contribution in [0.4, 0.5) is 4.39 Å². The monoisotopic (exact) mass is 250 g/mol. The van der Waals surface area contributed by atoms with E-state index in [4.69, 9.17) is 0 Å². The molecule has 4 heteroatoms. The summed E-state index contributed by atoms with van der Waals surface area (Å²) >= 11 is 0. The van der Waals surface area contributed by atoms with Gasteiger partial charge in [0.15, 0.2) is 0 Å². The summed E-state index contributed by atoms with van der Waals surface area (Å²) in [5.74, 6) is -0.562. The zero-order valence-electron chi connectivity index (χ0n) is 10.8. The van der Waals surface area contributed by atoms with Crippen molar-refractivity contribution in [2.75, 3.05) is 6.54 Å². The summed E-state index contributed by atoms with van der Waals surface area (Å²) < 4.78 is 13.3. The first-order valence-electron chi connectivity index (χ1n) is 6.37. The zero-order chi connectivity index (χ0) is 13.1. The lowest BCUT2D eigenvalue weighted by atomic mass is 9.99. The maximum Gasteiger partial charge on any atom is 0.251 e. The Bertz CT molecular complexity index is 427. The van der Waals surface area contributed by atoms with Gasteiger partial charge in [0.1, 0.15) is 5.82 Å². The van der Waals surface area contributed by atoms with Crippen molar-refractivity contribution in [1.82, 2.24) is 10.6 Å². The fraction of sp³-hybridized carbons (Fsp3) is 0.500. The van der Waals surface area contributed by atoms with Crippen LogP contribution in [0.2, 0.25) is 0 Å². The van der Waals surface area contributed by atoms with Crippen LogP contribution in [0.5, 0.6) is 0 Å². The lowest BCUT2D eigenvalue weighted by Gasteiger charge is -2.30. The van der Waals surface area contributed by atoms with E-state index in [0.717, 1.165) is 24.9 Å². The Kier molecular flexibility index (Phi) is 3.97. The number of halogens is 1. The highest BCUT2D eigenvalue weighted by molar-refractivity contribution is 5.94. The van der Waals surface area contributed by atoms with E-state index in [0.29, 0.717) is 5.56 Å². The Hall–Kier alpha value is -1.42. The van der Waals surface area contributed by atoms with Crippen LogP contribution in [0.3, 0.4) is 0 Å². The number of nitrogens with one attached hydrogen (secondary N) is 2. The summed E-state index contributed by atoms with van der Waals surface area (Å²) in [7, 11) is 0. The van der Waals surface area contributed by atoms with Crippen LogP contribution in [0, 0.1) is 12.7 Å². The van der Waals surface area contributed by atoms with Crippen molar-refractivity contribution in [2.24, 2.45) is 0 Å². The summed E-state index contributed by atoms with van der Waals surface area (Å²) in [5.41, 5.74) is 1.15. The van der Waals surface area contributed by atoms with Gasteiger partial charge in [-0.1, -0.05) is 0 Å². The van der Waals surface area contributed by atoms with Crippen molar-refractivity contribution in [3.8, 4) is 0 Å². The first kappa shape index (κ1) is 13.0. The van der Waals surface area contributed by atoms with Crippen LogP contribution >= 0.6 is 0 Å². The second kappa shape index (κ2) is 5.48. The number of carbonyl (C=O) groups is 1. The quantitative estimate of drug-likeness (QED) is 0.843. The maximum absolute atomic E-state index is 13.3. The number of amides is 1. The first-order valence-corrected chi connectivity index (χ1v) is 6.37. The summed E-state index contributed by atoms with van der Waals surface area (Å²) in [6.07, 6.45) is 2.02. The molecule has 1 saturated heterocycles. The highest BCUT2D eigenvalue weighted by atomic mass is 19.1. The number of hydrogen-bond donors (Lipinski definition) is 2. The van der Waals surface area contributed by atoms with Gasteiger partial charge in [0, 0.05) is 17.6 Å². The average Bonchev–Trinajstić information content (AvgIpc) is 2.31. The molecule has 0 saturated carbocycles. The van der Waals surface area contributed by atoms with Crippen LogP contribution in [-0.2, 0) is 0 Å². The lowest BCUT2D eigenvalue weighted by Crippen LogP contribution is -2.51. The van der Waals surface area contributed by atoms with Gasteiger partial charge < -0.3 is 10.6 Å². The minimum absolute atomic E-state index is 0.120. The van der Waals surface area contributed by atoms with Crippen molar-refractivity contribution in [3.05, 3.63) is 35.1 Å². The molecule has 1 aromatic rings. The molecular weight excluding hydrogens is 231 g/mol. The van der Waals surface area contributed by atoms with Crippen LogP contribution < -0.4 is 10.6 Å². The number of aryl methyl sites for hydroxylation is 1. The zero-order valence-corrected chi connectivity index (χ0v) is 10.8. The molecule has 18 heavy (non-hydrogen) atoms. The minimum atomic E-state index is -0.366. The summed E-state index contributed by atoms with van der Waals surface area (Å²) in [6.45, 7) is 4.83. The molecule has 0 radical (unpaired) electrons. The van der Waals surface area contributed by atoms with Crippen LogP contribution in [0.25, 0.3) is 0 Å². The molecule has 1 aliphatic rings. The van der Waals surface area contributed by atoms with Crippen molar-refractivity contribution in [2.45, 2.75) is 38.8 Å². The van der Waals surface area contributed by atoms with E-state index >= 15 is 0 Å². The van der Waals surface area contributed by atoms with Gasteiger partial charge in [-0.05, 0) is 57.0 Å². The molecule has 98 valence electrons. The Labute approximate surface area is 107 Å². The highest BCUT2D eigenvalue weighted by Gasteiger charge is 2.22. The summed E-state index contributed by atoms with van der Waals surface area (Å²) in [5, 5.41) is 6.29. The van der Waals surface area contributed by atoms with E-state index in [9.17, 15) is 9.18 Å². The highest BCUT2D eigenvalue weighted by Crippen LogP contribution is 2.12. The topological polar surface area (TPSA) is 41.1 Å². The van der Waals surface area contributed by atoms with Gasteiger partial charge in [-0.15, -0.1) is 0 Å². The predicted octanol–water partition coefficient (Wildman–Crippen LogP) is 2.00. The van der Waals surface area contributed by atoms with E-state index in [1.165, 1.54) is 12.1 Å². The molecule has 3 nitrogen and oxygen atoms in total. The second-order valence-corrected chi connectivity index (χ2v) is 4.98. The smallest absolute Gasteiger partial charge is 0.251 e. The third kappa shape index (κ3) is 3.07. The van der Waals surface area contributed by atoms with Crippen molar-refractivity contribution >= 4 is 5.91 Å². The number of piperidine rings is 1. The van der Waals surface area contributed by atoms with Gasteiger partial charge in [0.05, 0.1) is 0 Å². The third-order valence-electron chi connectivity index (χ3n) is 3.38. The Morgan fingerprint density at radius 3 is 2.89 bits per heavy atom. The van der Waals surface area contributed by atoms with E-state index in [1.807, 2.05) is 0 Å². The molecule has 1 heterocycles. The fourth-order valence-electron chi connectivity index (χ4n) is 2.36. The molecule has 0 aromatic heterocycles. The molecule has 1 amide bonds. The Balaban J connectivity index is 2.06. The van der Waals surface area contributed by atoms with Crippen molar-refractivity contribution < 1.29 is 9.18 Å². The van der Waals surface area contributed by atoms with Gasteiger partial charge in [-0.2, -0.15) is 0 Å². The molecule has 1 fully saturated rings. The second-order valence-electron chi connectivity index (χ2n) is 4.98. The molecular formula is C14H19FN2O. The number of benzene rings is 1. The number of carbonyl (C=O) groups excluding carboxylic acids is 1. The summed E-state index contributed by atoms with van der Waals surface area (Å²) in [4.78, 5) is 12.1. The van der Waals surface area contributed by atoms with Gasteiger partial charge in [-0.3, -0.25) is 4.79 Å². The van der Waals surface area contributed by atoms with Gasteiger partial charge in [0.25, 0.3) is 5.91 Å². The molecule has 2 N–H and O–H groups in total. The lowest BCUT2D eigenvalue weighted by molar-refractivity contribution is 0.0919. The van der Waals surface area contributed by atoms with Crippen LogP contribution in [0.1, 0.15) is 35.7 Å². The van der Waals surface area contributed by atoms with Crippen LogP contribution in [0.15, 0.2) is 18.2 Å². The molecule has 1 aromatic carbocycles. The SMILES string of the molecule is Cc1cc(F)cc(C(=O)NC2CCCNC2C)c1. The van der Waals surface area contributed by atoms with Gasteiger partial charge in [0.2, 0.25) is 0 Å². The Morgan fingerprint density at radius 2 is 2.22 bits per heavy atom. The van der Waals surface area contributed by atoms with Gasteiger partial charge >= 0.3 is 0 Å². The van der Waals surface area contributed by atoms with E-state index in [2.05, 4.69) is 17.6 Å². The third-order valence-corrected chi connectivity index (χ3v) is 3.38. The predicted molar refractivity (Wildman–Crippen MR) is 69.1 cm³/mol. The molecule has 0 bridgehead atoms. The largest absolute Gasteiger partial charge is 0.348 e. The van der Waals surface area contributed by atoms with Crippen molar-refractivity contribution in [3.63, 3.8) is 0 Å². The van der Waals surface area contributed by atoms with E-state index in [-0.39, 0.29) is 23.8 Å². The van der Waals surface area contributed by atoms with E-state index < -0.39 is 0 Å². The van der Waals surface area contributed by atoms with Crippen molar-refractivity contribution in [1.29, 1.82) is 0 Å². The molecule has 2 atom stereocenters. The Morgan fingerprint density at radius 1 is 1.44 bits per heavy atom. The fourth-order valence-corrected chi connectivity index (χ4v) is 2.36. The molecule has 2 unspecified atom stereocenters. The summed E-state index contributed by atoms with van der Waals surface area (Å²) in [6, 6.07) is 4.79. The number of rotatable bonds is 2. The van der Waals surface area contributed by atoms with Gasteiger partial charge in [-0.25, -0.2) is 4.39 Å². The van der Waals surface area contributed by atoms with Crippen LogP contribution in [-0.4, -0.2) is 24.5 Å². The molecule has 1 aliphatic heterocycles. The molecule has 0 aliphatic carbocycles.